The maximum atomic E-state index is 12.4. The van der Waals surface area contributed by atoms with Crippen LogP contribution in [0.25, 0.3) is 11.0 Å². The number of para-hydroxylation sites is 3. The van der Waals surface area contributed by atoms with E-state index in [2.05, 4.69) is 16.0 Å². The van der Waals surface area contributed by atoms with Gasteiger partial charge in [-0.15, -0.1) is 0 Å². The minimum atomic E-state index is -0.103. The van der Waals surface area contributed by atoms with Crippen LogP contribution in [0.1, 0.15) is 28.2 Å². The second-order valence-corrected chi connectivity index (χ2v) is 7.87. The average Bonchev–Trinajstić information content (AvgIpc) is 3.20. The number of fused-ring (bicyclic) bond motifs is 1. The van der Waals surface area contributed by atoms with E-state index in [1.54, 1.807) is 19.2 Å². The number of methoxy groups -OCH3 is 1. The quantitative estimate of drug-likeness (QED) is 0.358. The lowest BCUT2D eigenvalue weighted by Gasteiger charge is -2.12. The molecule has 0 unspecified atom stereocenters. The van der Waals surface area contributed by atoms with Gasteiger partial charge in [0.25, 0.3) is 5.91 Å². The fourth-order valence-electron chi connectivity index (χ4n) is 3.85. The van der Waals surface area contributed by atoms with Gasteiger partial charge in [0.15, 0.2) is 0 Å². The molecule has 6 heteroatoms. The largest absolute Gasteiger partial charge is 0.497 e. The molecule has 0 aliphatic rings. The van der Waals surface area contributed by atoms with E-state index in [4.69, 9.17) is 14.5 Å². The Kier molecular flexibility index (Phi) is 7.25. The van der Waals surface area contributed by atoms with Crippen LogP contribution >= 0.6 is 0 Å². The third-order valence-corrected chi connectivity index (χ3v) is 5.59. The van der Waals surface area contributed by atoms with Gasteiger partial charge in [-0.05, 0) is 55.3 Å². The maximum absolute atomic E-state index is 12.4. The highest BCUT2D eigenvalue weighted by Gasteiger charge is 2.11. The Morgan fingerprint density at radius 2 is 1.85 bits per heavy atom. The van der Waals surface area contributed by atoms with Crippen molar-refractivity contribution in [2.75, 3.05) is 20.3 Å². The van der Waals surface area contributed by atoms with Gasteiger partial charge in [-0.2, -0.15) is 0 Å². The summed E-state index contributed by atoms with van der Waals surface area (Å²) in [5.74, 6) is 2.47. The lowest BCUT2D eigenvalue weighted by molar-refractivity contribution is 0.0953. The Morgan fingerprint density at radius 1 is 1.03 bits per heavy atom. The highest BCUT2D eigenvalue weighted by molar-refractivity contribution is 5.94. The number of imidazole rings is 1. The molecule has 33 heavy (non-hydrogen) atoms. The molecular weight excluding hydrogens is 414 g/mol. The van der Waals surface area contributed by atoms with Gasteiger partial charge in [0.2, 0.25) is 0 Å². The van der Waals surface area contributed by atoms with E-state index in [9.17, 15) is 4.79 Å². The number of aromatic nitrogens is 2. The predicted molar refractivity (Wildman–Crippen MR) is 130 cm³/mol. The van der Waals surface area contributed by atoms with Crippen LogP contribution in [-0.4, -0.2) is 35.7 Å². The van der Waals surface area contributed by atoms with Crippen LogP contribution < -0.4 is 14.8 Å². The van der Waals surface area contributed by atoms with Crippen molar-refractivity contribution in [3.05, 3.63) is 89.7 Å². The predicted octanol–water partition coefficient (Wildman–Crippen LogP) is 4.79. The molecule has 4 rings (SSSR count). The van der Waals surface area contributed by atoms with E-state index in [-0.39, 0.29) is 5.91 Å². The summed E-state index contributed by atoms with van der Waals surface area (Å²) in [5.41, 5.74) is 3.79. The topological polar surface area (TPSA) is 65.4 Å². The lowest BCUT2D eigenvalue weighted by atomic mass is 10.2. The third kappa shape index (κ3) is 5.52. The van der Waals surface area contributed by atoms with Gasteiger partial charge in [-0.3, -0.25) is 4.79 Å². The van der Waals surface area contributed by atoms with Crippen molar-refractivity contribution in [2.24, 2.45) is 0 Å². The molecule has 0 fully saturated rings. The smallest absolute Gasteiger partial charge is 0.251 e. The summed E-state index contributed by atoms with van der Waals surface area (Å²) in [6.07, 6.45) is 1.55. The SMILES string of the molecule is COc1cccc(C(=O)NCCCc2nc3ccccc3n2CCOc2ccccc2C)c1. The summed E-state index contributed by atoms with van der Waals surface area (Å²) in [6.45, 7) is 3.89. The van der Waals surface area contributed by atoms with Crippen molar-refractivity contribution < 1.29 is 14.3 Å². The van der Waals surface area contributed by atoms with Gasteiger partial charge in [0.1, 0.15) is 23.9 Å². The normalized spacial score (nSPS) is 10.8. The number of hydrogen-bond donors (Lipinski definition) is 1. The molecule has 3 aromatic carbocycles. The Morgan fingerprint density at radius 3 is 2.70 bits per heavy atom. The first-order valence-corrected chi connectivity index (χ1v) is 11.2. The Balaban J connectivity index is 1.37. The molecule has 0 saturated carbocycles. The summed E-state index contributed by atoms with van der Waals surface area (Å²) >= 11 is 0. The highest BCUT2D eigenvalue weighted by Crippen LogP contribution is 2.19. The Bertz CT molecular complexity index is 1230. The van der Waals surface area contributed by atoms with Gasteiger partial charge >= 0.3 is 0 Å². The van der Waals surface area contributed by atoms with Gasteiger partial charge < -0.3 is 19.4 Å². The van der Waals surface area contributed by atoms with Crippen LogP contribution in [0.5, 0.6) is 11.5 Å². The number of rotatable bonds is 10. The summed E-state index contributed by atoms with van der Waals surface area (Å²) in [6, 6.07) is 23.3. The average molecular weight is 444 g/mol. The summed E-state index contributed by atoms with van der Waals surface area (Å²) < 4.78 is 13.4. The Labute approximate surface area is 194 Å². The minimum Gasteiger partial charge on any atom is -0.497 e. The van der Waals surface area contributed by atoms with Crippen LogP contribution in [0.3, 0.4) is 0 Å². The number of aryl methyl sites for hydroxylation is 2. The number of carbonyl (C=O) groups excluding carboxylic acids is 1. The van der Waals surface area contributed by atoms with Gasteiger partial charge in [-0.1, -0.05) is 36.4 Å². The molecule has 4 aromatic rings. The van der Waals surface area contributed by atoms with Crippen LogP contribution in [-0.2, 0) is 13.0 Å². The second-order valence-electron chi connectivity index (χ2n) is 7.87. The molecule has 0 bridgehead atoms. The number of nitrogens with one attached hydrogen (secondary N) is 1. The van der Waals surface area contributed by atoms with Crippen molar-refractivity contribution in [3.63, 3.8) is 0 Å². The molecule has 0 aliphatic carbocycles. The van der Waals surface area contributed by atoms with E-state index in [0.717, 1.165) is 41.0 Å². The van der Waals surface area contributed by atoms with Crippen molar-refractivity contribution >= 4 is 16.9 Å². The van der Waals surface area contributed by atoms with E-state index in [0.29, 0.717) is 31.0 Å². The van der Waals surface area contributed by atoms with Crippen molar-refractivity contribution in [3.8, 4) is 11.5 Å². The number of hydrogen-bond acceptors (Lipinski definition) is 4. The summed E-state index contributed by atoms with van der Waals surface area (Å²) in [7, 11) is 1.59. The summed E-state index contributed by atoms with van der Waals surface area (Å²) in [4.78, 5) is 17.3. The van der Waals surface area contributed by atoms with Crippen molar-refractivity contribution in [1.29, 1.82) is 0 Å². The molecular formula is C27H29N3O3. The number of ether oxygens (including phenoxy) is 2. The van der Waals surface area contributed by atoms with Gasteiger partial charge in [0.05, 0.1) is 24.7 Å². The molecule has 0 spiro atoms. The zero-order valence-corrected chi connectivity index (χ0v) is 19.1. The zero-order valence-electron chi connectivity index (χ0n) is 19.1. The number of nitrogens with zero attached hydrogens (tertiary/aromatic N) is 2. The highest BCUT2D eigenvalue weighted by atomic mass is 16.5. The lowest BCUT2D eigenvalue weighted by Crippen LogP contribution is -2.25. The fraction of sp³-hybridized carbons (Fsp3) is 0.259. The zero-order chi connectivity index (χ0) is 23.0. The molecule has 1 aromatic heterocycles. The monoisotopic (exact) mass is 443 g/mol. The van der Waals surface area contributed by atoms with E-state index in [1.165, 1.54) is 0 Å². The summed E-state index contributed by atoms with van der Waals surface area (Å²) in [5, 5.41) is 2.99. The third-order valence-electron chi connectivity index (χ3n) is 5.59. The first kappa shape index (κ1) is 22.4. The first-order valence-electron chi connectivity index (χ1n) is 11.2. The van der Waals surface area contributed by atoms with Gasteiger partial charge in [-0.25, -0.2) is 4.98 Å². The number of benzene rings is 3. The number of carbonyl (C=O) groups is 1. The van der Waals surface area contributed by atoms with Crippen molar-refractivity contribution in [1.82, 2.24) is 14.9 Å². The Hall–Kier alpha value is -3.80. The molecule has 170 valence electrons. The van der Waals surface area contributed by atoms with E-state index < -0.39 is 0 Å². The van der Waals surface area contributed by atoms with Crippen LogP contribution in [0.15, 0.2) is 72.8 Å². The molecule has 0 saturated heterocycles. The fourth-order valence-corrected chi connectivity index (χ4v) is 3.85. The molecule has 6 nitrogen and oxygen atoms in total. The van der Waals surface area contributed by atoms with Crippen molar-refractivity contribution in [2.45, 2.75) is 26.3 Å². The number of amides is 1. The molecule has 0 atom stereocenters. The molecule has 1 amide bonds. The van der Waals surface area contributed by atoms with Crippen LogP contribution in [0, 0.1) is 6.92 Å². The standard InChI is InChI=1S/C27H29N3O3/c1-20-9-3-6-14-25(20)33-18-17-30-24-13-5-4-12-23(24)29-26(30)15-8-16-28-27(31)21-10-7-11-22(19-21)32-2/h3-7,9-14,19H,8,15-18H2,1-2H3,(H,28,31). The molecule has 0 aliphatic heterocycles. The van der Waals surface area contributed by atoms with Crippen LogP contribution in [0.2, 0.25) is 0 Å². The maximum Gasteiger partial charge on any atom is 0.251 e. The van der Waals surface area contributed by atoms with Crippen LogP contribution in [0.4, 0.5) is 0 Å². The molecule has 0 radical (unpaired) electrons. The van der Waals surface area contributed by atoms with E-state index in [1.807, 2.05) is 61.5 Å². The van der Waals surface area contributed by atoms with E-state index >= 15 is 0 Å². The first-order chi connectivity index (χ1) is 16.2. The minimum absolute atomic E-state index is 0.103. The second kappa shape index (κ2) is 10.7. The molecule has 1 heterocycles. The van der Waals surface area contributed by atoms with Gasteiger partial charge in [0, 0.05) is 18.5 Å². The molecule has 1 N–H and O–H groups in total.